The van der Waals surface area contributed by atoms with Crippen molar-refractivity contribution in [2.45, 2.75) is 51.6 Å². The van der Waals surface area contributed by atoms with Gasteiger partial charge in [0, 0.05) is 29.8 Å². The number of anilines is 1. The van der Waals surface area contributed by atoms with Crippen LogP contribution in [0.5, 0.6) is 0 Å². The maximum absolute atomic E-state index is 3.59. The van der Waals surface area contributed by atoms with Gasteiger partial charge < -0.3 is 10.2 Å². The van der Waals surface area contributed by atoms with Crippen LogP contribution in [0, 0.1) is 0 Å². The molecule has 0 radical (unpaired) electrons. The average molecular weight is 325 g/mol. The second-order valence-corrected chi connectivity index (χ2v) is 6.41. The highest BCUT2D eigenvalue weighted by molar-refractivity contribution is 9.10. The molecule has 0 unspecified atom stereocenters. The van der Waals surface area contributed by atoms with Crippen molar-refractivity contribution in [3.63, 3.8) is 0 Å². The van der Waals surface area contributed by atoms with Crippen LogP contribution >= 0.6 is 15.9 Å². The van der Waals surface area contributed by atoms with Crippen LogP contribution in [-0.4, -0.2) is 19.6 Å². The highest BCUT2D eigenvalue weighted by Gasteiger charge is 2.21. The Hall–Kier alpha value is -0.540. The fourth-order valence-corrected chi connectivity index (χ4v) is 3.34. The van der Waals surface area contributed by atoms with E-state index in [1.54, 1.807) is 0 Å². The number of hydrogen-bond donors (Lipinski definition) is 1. The predicted molar refractivity (Wildman–Crippen MR) is 86.8 cm³/mol. The third kappa shape index (κ3) is 3.96. The summed E-state index contributed by atoms with van der Waals surface area (Å²) in [6.45, 7) is 4.25. The molecular weight excluding hydrogens is 300 g/mol. The van der Waals surface area contributed by atoms with Crippen LogP contribution < -0.4 is 10.2 Å². The van der Waals surface area contributed by atoms with Crippen LogP contribution in [0.1, 0.15) is 44.6 Å². The number of nitrogens with one attached hydrogen (secondary N) is 1. The summed E-state index contributed by atoms with van der Waals surface area (Å²) in [4.78, 5) is 2.49. The molecule has 106 valence electrons. The molecule has 0 aliphatic heterocycles. The Bertz CT molecular complexity index is 400. The zero-order chi connectivity index (χ0) is 13.7. The predicted octanol–water partition coefficient (Wildman–Crippen LogP) is 4.33. The van der Waals surface area contributed by atoms with Crippen molar-refractivity contribution in [3.8, 4) is 0 Å². The highest BCUT2D eigenvalue weighted by atomic mass is 79.9. The molecule has 0 saturated heterocycles. The van der Waals surface area contributed by atoms with Gasteiger partial charge in [0.2, 0.25) is 0 Å². The minimum Gasteiger partial charge on any atom is -0.371 e. The summed E-state index contributed by atoms with van der Waals surface area (Å²) in [5, 5.41) is 3.52. The Morgan fingerprint density at radius 3 is 2.74 bits per heavy atom. The van der Waals surface area contributed by atoms with Crippen molar-refractivity contribution in [2.75, 3.05) is 18.5 Å². The second kappa shape index (κ2) is 7.30. The van der Waals surface area contributed by atoms with Crippen LogP contribution in [0.4, 0.5) is 5.69 Å². The molecule has 1 fully saturated rings. The average Bonchev–Trinajstić information content (AvgIpc) is 2.92. The highest BCUT2D eigenvalue weighted by Crippen LogP contribution is 2.30. The second-order valence-electron chi connectivity index (χ2n) is 5.50. The number of halogens is 1. The number of benzene rings is 1. The molecule has 3 heteroatoms. The zero-order valence-electron chi connectivity index (χ0n) is 12.1. The molecule has 1 aromatic rings. The molecule has 0 bridgehead atoms. The van der Waals surface area contributed by atoms with E-state index in [4.69, 9.17) is 0 Å². The van der Waals surface area contributed by atoms with Crippen LogP contribution in [0.25, 0.3) is 0 Å². The van der Waals surface area contributed by atoms with E-state index in [2.05, 4.69) is 58.3 Å². The van der Waals surface area contributed by atoms with Crippen molar-refractivity contribution >= 4 is 21.6 Å². The van der Waals surface area contributed by atoms with E-state index in [-0.39, 0.29) is 0 Å². The van der Waals surface area contributed by atoms with E-state index in [1.807, 2.05) is 0 Å². The monoisotopic (exact) mass is 324 g/mol. The van der Waals surface area contributed by atoms with Gasteiger partial charge in [-0.2, -0.15) is 0 Å². The SMILES string of the molecule is CCCNCc1cc(Br)ccc1N(C)C1CCCC1. The lowest BCUT2D eigenvalue weighted by Crippen LogP contribution is -2.30. The quantitative estimate of drug-likeness (QED) is 0.783. The first-order valence-electron chi connectivity index (χ1n) is 7.44. The molecule has 0 heterocycles. The lowest BCUT2D eigenvalue weighted by atomic mass is 10.1. The van der Waals surface area contributed by atoms with E-state index in [0.717, 1.165) is 19.1 Å². The molecule has 0 spiro atoms. The largest absolute Gasteiger partial charge is 0.371 e. The topological polar surface area (TPSA) is 15.3 Å². The molecule has 1 aliphatic rings. The first-order chi connectivity index (χ1) is 9.22. The number of hydrogen-bond acceptors (Lipinski definition) is 2. The summed E-state index contributed by atoms with van der Waals surface area (Å²) in [7, 11) is 2.25. The van der Waals surface area contributed by atoms with Gasteiger partial charge in [0.05, 0.1) is 0 Å². The summed E-state index contributed by atoms with van der Waals surface area (Å²) in [5.74, 6) is 0. The van der Waals surface area contributed by atoms with Gasteiger partial charge in [-0.15, -0.1) is 0 Å². The van der Waals surface area contributed by atoms with Gasteiger partial charge in [-0.1, -0.05) is 35.7 Å². The Morgan fingerprint density at radius 2 is 2.05 bits per heavy atom. The van der Waals surface area contributed by atoms with Crippen molar-refractivity contribution in [2.24, 2.45) is 0 Å². The molecule has 0 atom stereocenters. The standard InChI is InChI=1S/C16H25BrN2/c1-3-10-18-12-13-11-14(17)8-9-16(13)19(2)15-6-4-5-7-15/h8-9,11,15,18H,3-7,10,12H2,1-2H3. The molecule has 2 nitrogen and oxygen atoms in total. The third-order valence-corrected chi connectivity index (χ3v) is 4.53. The summed E-state index contributed by atoms with van der Waals surface area (Å²) in [5.41, 5.74) is 2.79. The van der Waals surface area contributed by atoms with Gasteiger partial charge in [-0.3, -0.25) is 0 Å². The maximum Gasteiger partial charge on any atom is 0.0412 e. The minimum absolute atomic E-state index is 0.728. The smallest absolute Gasteiger partial charge is 0.0412 e. The van der Waals surface area contributed by atoms with E-state index >= 15 is 0 Å². The van der Waals surface area contributed by atoms with Gasteiger partial charge in [-0.25, -0.2) is 0 Å². The van der Waals surface area contributed by atoms with Crippen molar-refractivity contribution in [3.05, 3.63) is 28.2 Å². The third-order valence-electron chi connectivity index (χ3n) is 4.04. The fraction of sp³-hybridized carbons (Fsp3) is 0.625. The first-order valence-corrected chi connectivity index (χ1v) is 8.23. The maximum atomic E-state index is 3.59. The van der Waals surface area contributed by atoms with Gasteiger partial charge in [0.1, 0.15) is 0 Å². The molecule has 2 rings (SSSR count). The first kappa shape index (κ1) is 14.9. The van der Waals surface area contributed by atoms with E-state index in [0.29, 0.717) is 0 Å². The molecule has 1 saturated carbocycles. The Balaban J connectivity index is 2.12. The van der Waals surface area contributed by atoms with Crippen LogP contribution in [0.3, 0.4) is 0 Å². The van der Waals surface area contributed by atoms with E-state index in [9.17, 15) is 0 Å². The minimum atomic E-state index is 0.728. The molecule has 0 aromatic heterocycles. The van der Waals surface area contributed by atoms with Gasteiger partial charge in [0.15, 0.2) is 0 Å². The molecular formula is C16H25BrN2. The van der Waals surface area contributed by atoms with E-state index < -0.39 is 0 Å². The van der Waals surface area contributed by atoms with Crippen molar-refractivity contribution in [1.82, 2.24) is 5.32 Å². The van der Waals surface area contributed by atoms with Gasteiger partial charge in [-0.05, 0) is 49.6 Å². The molecule has 1 aliphatic carbocycles. The van der Waals surface area contributed by atoms with Gasteiger partial charge >= 0.3 is 0 Å². The summed E-state index contributed by atoms with van der Waals surface area (Å²) >= 11 is 3.59. The summed E-state index contributed by atoms with van der Waals surface area (Å²) in [6, 6.07) is 7.39. The van der Waals surface area contributed by atoms with Gasteiger partial charge in [0.25, 0.3) is 0 Å². The molecule has 0 amide bonds. The molecule has 1 aromatic carbocycles. The van der Waals surface area contributed by atoms with E-state index in [1.165, 1.54) is 47.8 Å². The normalized spacial score (nSPS) is 15.9. The fourth-order valence-electron chi connectivity index (χ4n) is 2.93. The summed E-state index contributed by atoms with van der Waals surface area (Å²) in [6.07, 6.45) is 6.63. The van der Waals surface area contributed by atoms with Crippen LogP contribution in [-0.2, 0) is 6.54 Å². The lowest BCUT2D eigenvalue weighted by Gasteiger charge is -2.29. The lowest BCUT2D eigenvalue weighted by molar-refractivity contribution is 0.639. The Kier molecular flexibility index (Phi) is 5.71. The number of nitrogens with zero attached hydrogens (tertiary/aromatic N) is 1. The molecule has 19 heavy (non-hydrogen) atoms. The van der Waals surface area contributed by atoms with Crippen molar-refractivity contribution < 1.29 is 0 Å². The Labute approximate surface area is 125 Å². The summed E-state index contributed by atoms with van der Waals surface area (Å²) < 4.78 is 1.17. The molecule has 1 N–H and O–H groups in total. The van der Waals surface area contributed by atoms with Crippen LogP contribution in [0.2, 0.25) is 0 Å². The van der Waals surface area contributed by atoms with Crippen LogP contribution in [0.15, 0.2) is 22.7 Å². The van der Waals surface area contributed by atoms with Crippen molar-refractivity contribution in [1.29, 1.82) is 0 Å². The zero-order valence-corrected chi connectivity index (χ0v) is 13.7. The number of rotatable bonds is 6. The Morgan fingerprint density at radius 1 is 1.32 bits per heavy atom.